The highest BCUT2D eigenvalue weighted by Crippen LogP contribution is 2.52. The zero-order valence-electron chi connectivity index (χ0n) is 45.5. The van der Waals surface area contributed by atoms with Gasteiger partial charge in [-0.2, -0.15) is 0 Å². The third-order valence-electron chi connectivity index (χ3n) is 19.0. The predicted molar refractivity (Wildman–Crippen MR) is 298 cm³/mol. The monoisotopic (exact) mass is 1090 g/mol. The number of rotatable bonds is 10. The lowest BCUT2D eigenvalue weighted by Gasteiger charge is -2.48. The van der Waals surface area contributed by atoms with Crippen molar-refractivity contribution < 1.29 is 38.0 Å². The highest BCUT2D eigenvalue weighted by atomic mass is 19.1. The van der Waals surface area contributed by atoms with Gasteiger partial charge in [-0.3, -0.25) is 43.8 Å². The third-order valence-corrected chi connectivity index (χ3v) is 19.0. The summed E-state index contributed by atoms with van der Waals surface area (Å²) in [6, 6.07) is 19.5. The second-order valence-corrected chi connectivity index (χ2v) is 23.8. The molecule has 416 valence electrons. The first-order valence-electron chi connectivity index (χ1n) is 29.0. The van der Waals surface area contributed by atoms with Gasteiger partial charge in [0.05, 0.1) is 39.8 Å². The van der Waals surface area contributed by atoms with E-state index in [2.05, 4.69) is 51.3 Å². The topological polar surface area (TPSA) is 194 Å². The number of hydrogen-bond acceptors (Lipinski definition) is 12. The number of anilines is 4. The summed E-state index contributed by atoms with van der Waals surface area (Å²) >= 11 is 0. The Morgan fingerprint density at radius 3 is 2.11 bits per heavy atom. The Bertz CT molecular complexity index is 3360. The van der Waals surface area contributed by atoms with Gasteiger partial charge in [-0.25, -0.2) is 14.4 Å². The number of para-hydroxylation sites is 1. The quantitative estimate of drug-likeness (QED) is 0.132. The van der Waals surface area contributed by atoms with E-state index in [1.807, 2.05) is 26.5 Å². The molecule has 2 aromatic heterocycles. The van der Waals surface area contributed by atoms with Crippen LogP contribution in [0.3, 0.4) is 0 Å². The van der Waals surface area contributed by atoms with Crippen LogP contribution in [-0.4, -0.2) is 146 Å². The van der Waals surface area contributed by atoms with Crippen LogP contribution in [-0.2, 0) is 29.4 Å². The van der Waals surface area contributed by atoms with Crippen LogP contribution >= 0.6 is 0 Å². The number of aromatic nitrogens is 3. The number of imide groups is 2. The van der Waals surface area contributed by atoms with E-state index < -0.39 is 35.1 Å². The minimum absolute atomic E-state index is 0.0511. The molecule has 0 bridgehead atoms. The summed E-state index contributed by atoms with van der Waals surface area (Å²) in [4.78, 5) is 116. The van der Waals surface area contributed by atoms with Gasteiger partial charge in [-0.1, -0.05) is 30.7 Å². The Hall–Kier alpha value is -7.54. The molecule has 7 amide bonds. The van der Waals surface area contributed by atoms with Crippen LogP contribution in [0.2, 0.25) is 0 Å². The van der Waals surface area contributed by atoms with E-state index in [0.717, 1.165) is 64.4 Å². The number of likely N-dealkylation sites (tertiary alicyclic amines) is 3. The number of fused-ring (bicyclic) bond motifs is 4. The summed E-state index contributed by atoms with van der Waals surface area (Å²) < 4.78 is 17.2. The van der Waals surface area contributed by atoms with Crippen molar-refractivity contribution in [3.63, 3.8) is 0 Å². The zero-order chi connectivity index (χ0) is 55.1. The highest BCUT2D eigenvalue weighted by Gasteiger charge is 2.56. The van der Waals surface area contributed by atoms with Crippen LogP contribution in [0.4, 0.5) is 27.3 Å². The van der Waals surface area contributed by atoms with E-state index in [1.165, 1.54) is 25.3 Å². The van der Waals surface area contributed by atoms with Crippen LogP contribution in [0, 0.1) is 17.7 Å². The normalized spacial score (nSPS) is 23.8. The number of amides is 7. The predicted octanol–water partition coefficient (Wildman–Crippen LogP) is 7.34. The Balaban J connectivity index is 0.665. The van der Waals surface area contributed by atoms with Crippen LogP contribution in [0.1, 0.15) is 130 Å². The van der Waals surface area contributed by atoms with Crippen molar-refractivity contribution in [2.45, 2.75) is 127 Å². The lowest BCUT2D eigenvalue weighted by atomic mass is 9.73. The molecular weight excluding hydrogens is 1020 g/mol. The molecule has 1 aliphatic carbocycles. The second-order valence-electron chi connectivity index (χ2n) is 23.8. The summed E-state index contributed by atoms with van der Waals surface area (Å²) in [5.41, 5.74) is 5.67. The minimum atomic E-state index is -1.03. The Labute approximate surface area is 464 Å². The summed E-state index contributed by atoms with van der Waals surface area (Å²) in [5.74, 6) is -2.13. The Morgan fingerprint density at radius 1 is 0.725 bits per heavy atom. The maximum atomic E-state index is 15.3. The van der Waals surface area contributed by atoms with Gasteiger partial charge in [0.2, 0.25) is 29.5 Å². The smallest absolute Gasteiger partial charge is 0.262 e. The fraction of sp³-hybridized carbons (Fsp3) is 0.492. The molecule has 5 saturated heterocycles. The van der Waals surface area contributed by atoms with E-state index >= 15 is 9.18 Å². The van der Waals surface area contributed by atoms with Gasteiger partial charge in [0.1, 0.15) is 17.4 Å². The molecule has 5 aromatic rings. The van der Waals surface area contributed by atoms with Gasteiger partial charge in [0.25, 0.3) is 11.8 Å². The molecule has 80 heavy (non-hydrogen) atoms. The summed E-state index contributed by atoms with van der Waals surface area (Å²) in [7, 11) is 0. The minimum Gasteiger partial charge on any atom is -0.371 e. The van der Waals surface area contributed by atoms with Gasteiger partial charge >= 0.3 is 0 Å². The molecule has 13 rings (SSSR count). The van der Waals surface area contributed by atoms with Crippen molar-refractivity contribution in [3.8, 4) is 11.3 Å². The number of nitrogens with one attached hydrogen (secondary N) is 2. The van der Waals surface area contributed by atoms with E-state index in [9.17, 15) is 28.8 Å². The lowest BCUT2D eigenvalue weighted by Crippen LogP contribution is -2.58. The number of carbonyl (C=O) groups is 7. The van der Waals surface area contributed by atoms with Crippen molar-refractivity contribution in [3.05, 3.63) is 95.6 Å². The lowest BCUT2D eigenvalue weighted by molar-refractivity contribution is -0.144. The molecule has 3 aromatic carbocycles. The number of imidazole rings is 1. The summed E-state index contributed by atoms with van der Waals surface area (Å²) in [6.45, 7) is 9.46. The molecule has 1 spiro atoms. The second kappa shape index (κ2) is 20.5. The average Bonchev–Trinajstić information content (AvgIpc) is 4.04. The first kappa shape index (κ1) is 51.9. The molecule has 1 saturated carbocycles. The molecule has 6 fully saturated rings. The van der Waals surface area contributed by atoms with E-state index in [1.54, 1.807) is 42.7 Å². The van der Waals surface area contributed by atoms with Gasteiger partial charge in [0.15, 0.2) is 5.82 Å². The number of benzene rings is 3. The molecule has 9 heterocycles. The zero-order valence-corrected chi connectivity index (χ0v) is 45.5. The van der Waals surface area contributed by atoms with Crippen LogP contribution < -0.4 is 20.4 Å². The highest BCUT2D eigenvalue weighted by molar-refractivity contribution is 6.24. The Morgan fingerprint density at radius 2 is 1.41 bits per heavy atom. The van der Waals surface area contributed by atoms with Gasteiger partial charge in [-0.05, 0) is 146 Å². The molecule has 1 atom stereocenters. The third kappa shape index (κ3) is 8.90. The van der Waals surface area contributed by atoms with E-state index in [0.29, 0.717) is 101 Å². The average molecular weight is 1090 g/mol. The number of halogens is 1. The van der Waals surface area contributed by atoms with Crippen molar-refractivity contribution in [1.82, 2.24) is 39.5 Å². The first-order valence-corrected chi connectivity index (χ1v) is 29.0. The van der Waals surface area contributed by atoms with E-state index in [-0.39, 0.29) is 71.4 Å². The van der Waals surface area contributed by atoms with Gasteiger partial charge in [0, 0.05) is 92.6 Å². The molecular formula is C61H68FN11O7. The maximum Gasteiger partial charge on any atom is 0.262 e. The van der Waals surface area contributed by atoms with Crippen LogP contribution in [0.25, 0.3) is 22.3 Å². The molecule has 2 N–H and O–H groups in total. The Kier molecular flexibility index (Phi) is 13.3. The standard InChI is InChI=1S/C61H68FN11O7/c1-36(2)71-35-63-49-34-48(65-54(53(49)71)64-47-9-5-4-8-46(47)62)39-10-13-45-51(30-39)72(42-31-41(32-42)67-22-6-3-7-23-67)60(80)61(45)20-28-70(29-21-61)57(77)38-18-26-69(27-19-38)56(76)37-16-24-68(25-17-37)40-11-12-43-44(33-40)59(79)73(58(43)78)50-14-15-52(74)66-55(50)75/h4-5,8-13,30,33-38,41-42,50H,3,6-7,14-29,31-32H2,1-2H3,(H,64,65)(H,66,74,75)/t41?,42?,50-/m1/s1. The van der Waals surface area contributed by atoms with Crippen molar-refractivity contribution in [1.29, 1.82) is 0 Å². The maximum absolute atomic E-state index is 15.3. The molecule has 8 aliphatic rings. The first-order chi connectivity index (χ1) is 38.7. The largest absolute Gasteiger partial charge is 0.371 e. The number of piperidine rings is 5. The fourth-order valence-corrected chi connectivity index (χ4v) is 14.3. The molecule has 19 heteroatoms. The fourth-order valence-electron chi connectivity index (χ4n) is 14.3. The van der Waals surface area contributed by atoms with Gasteiger partial charge < -0.3 is 34.4 Å². The summed E-state index contributed by atoms with van der Waals surface area (Å²) in [5, 5.41) is 5.51. The van der Waals surface area contributed by atoms with Crippen LogP contribution in [0.5, 0.6) is 0 Å². The number of nitrogens with zero attached hydrogens (tertiary/aromatic N) is 9. The number of hydrogen-bond donors (Lipinski definition) is 2. The molecule has 0 radical (unpaired) electrons. The molecule has 7 aliphatic heterocycles. The summed E-state index contributed by atoms with van der Waals surface area (Å²) in [6.07, 6.45) is 10.9. The van der Waals surface area contributed by atoms with Gasteiger partial charge in [-0.15, -0.1) is 0 Å². The molecule has 18 nitrogen and oxygen atoms in total. The number of carbonyl (C=O) groups excluding carboxylic acids is 7. The van der Waals surface area contributed by atoms with E-state index in [4.69, 9.17) is 9.97 Å². The van der Waals surface area contributed by atoms with Crippen molar-refractivity contribution in [2.75, 3.05) is 67.5 Å². The van der Waals surface area contributed by atoms with Crippen LogP contribution in [0.15, 0.2) is 73.1 Å². The van der Waals surface area contributed by atoms with Crippen molar-refractivity contribution in [2.24, 2.45) is 11.8 Å². The molecule has 0 unspecified atom stereocenters. The SMILES string of the molecule is CC(C)n1cnc2cc(-c3ccc4c(c3)N(C3CC(N5CCCCC5)C3)C(=O)C43CCN(C(=O)C4CCN(C(=O)C5CCN(c6ccc7c(c6)C(=O)N([C@@H]6CCC(=O)NC6=O)C7=O)CC5)CC4)CC3)nc(Nc3ccccc3F)c21. The number of pyridine rings is 1. The van der Waals surface area contributed by atoms with Crippen molar-refractivity contribution >= 4 is 75.3 Å².